The smallest absolute Gasteiger partial charge is 0.0326 e. The first kappa shape index (κ1) is 8.02. The second-order valence-corrected chi connectivity index (χ2v) is 3.31. The summed E-state index contributed by atoms with van der Waals surface area (Å²) >= 11 is 0. The molecule has 1 fully saturated rings. The van der Waals surface area contributed by atoms with Crippen molar-refractivity contribution in [1.29, 1.82) is 0 Å². The Hall–Kier alpha value is -0.0800. The summed E-state index contributed by atoms with van der Waals surface area (Å²) in [5.74, 6) is 0. The van der Waals surface area contributed by atoms with Crippen LogP contribution in [0.25, 0.3) is 0 Å². The van der Waals surface area contributed by atoms with Crippen molar-refractivity contribution in [3.8, 4) is 0 Å². The minimum Gasteiger partial charge on any atom is -0.329 e. The van der Waals surface area contributed by atoms with E-state index in [1.165, 1.54) is 25.8 Å². The quantitative estimate of drug-likeness (QED) is 0.618. The van der Waals surface area contributed by atoms with Crippen LogP contribution in [-0.4, -0.2) is 30.6 Å². The molecule has 2 N–H and O–H groups in total. The summed E-state index contributed by atoms with van der Waals surface area (Å²) in [6.45, 7) is 4.28. The summed E-state index contributed by atoms with van der Waals surface area (Å²) in [5, 5.41) is 0. The largest absolute Gasteiger partial charge is 0.329 e. The van der Waals surface area contributed by atoms with Gasteiger partial charge in [-0.1, -0.05) is 6.92 Å². The molecule has 0 aromatic rings. The number of nitrogens with two attached hydrogens (primary N) is 1. The molecule has 1 heterocycles. The zero-order chi connectivity index (χ0) is 7.61. The molecule has 1 rings (SSSR count). The van der Waals surface area contributed by atoms with Crippen LogP contribution in [0.4, 0.5) is 0 Å². The van der Waals surface area contributed by atoms with Crippen molar-refractivity contribution in [2.45, 2.75) is 31.7 Å². The molecule has 0 spiro atoms. The molecule has 0 aromatic heterocycles. The first-order valence-electron chi connectivity index (χ1n) is 4.16. The lowest BCUT2D eigenvalue weighted by molar-refractivity contribution is 0.175. The van der Waals surface area contributed by atoms with Crippen molar-refractivity contribution in [3.05, 3.63) is 0 Å². The average Bonchev–Trinajstić information content (AvgIpc) is 2.32. The number of hydrogen-bond acceptors (Lipinski definition) is 2. The zero-order valence-electron chi connectivity index (χ0n) is 7.06. The van der Waals surface area contributed by atoms with E-state index in [1.54, 1.807) is 0 Å². The van der Waals surface area contributed by atoms with Gasteiger partial charge in [0.15, 0.2) is 0 Å². The van der Waals surface area contributed by atoms with E-state index in [-0.39, 0.29) is 0 Å². The van der Waals surface area contributed by atoms with Gasteiger partial charge in [0, 0.05) is 12.1 Å². The van der Waals surface area contributed by atoms with E-state index in [0.29, 0.717) is 5.54 Å². The van der Waals surface area contributed by atoms with Crippen LogP contribution in [0.3, 0.4) is 0 Å². The second kappa shape index (κ2) is 2.89. The van der Waals surface area contributed by atoms with Crippen LogP contribution in [0.1, 0.15) is 26.2 Å². The van der Waals surface area contributed by atoms with Crippen molar-refractivity contribution in [3.63, 3.8) is 0 Å². The van der Waals surface area contributed by atoms with E-state index in [4.69, 9.17) is 5.73 Å². The molecule has 0 aliphatic carbocycles. The fraction of sp³-hybridized carbons (Fsp3) is 1.00. The minimum absolute atomic E-state index is 0.347. The molecule has 1 atom stereocenters. The maximum absolute atomic E-state index is 5.73. The number of likely N-dealkylation sites (tertiary alicyclic amines) is 1. The Bertz CT molecular complexity index is 108. The fourth-order valence-corrected chi connectivity index (χ4v) is 1.92. The summed E-state index contributed by atoms with van der Waals surface area (Å²) in [6, 6.07) is 0. The standard InChI is InChI=1S/C8H18N2/c1-3-8(7-9)5-4-6-10(8)2/h3-7,9H2,1-2H3. The molecule has 1 saturated heterocycles. The summed E-state index contributed by atoms with van der Waals surface area (Å²) in [7, 11) is 2.18. The lowest BCUT2D eigenvalue weighted by Gasteiger charge is -2.33. The Morgan fingerprint density at radius 2 is 2.30 bits per heavy atom. The molecular formula is C8H18N2. The molecule has 0 amide bonds. The lowest BCUT2D eigenvalue weighted by atomic mass is 9.93. The van der Waals surface area contributed by atoms with E-state index < -0.39 is 0 Å². The number of nitrogens with zero attached hydrogens (tertiary/aromatic N) is 1. The molecule has 2 nitrogen and oxygen atoms in total. The Kier molecular flexibility index (Phi) is 2.32. The summed E-state index contributed by atoms with van der Waals surface area (Å²) in [6.07, 6.45) is 3.80. The molecule has 60 valence electrons. The van der Waals surface area contributed by atoms with Crippen LogP contribution in [-0.2, 0) is 0 Å². The number of rotatable bonds is 2. The number of hydrogen-bond donors (Lipinski definition) is 1. The highest BCUT2D eigenvalue weighted by Crippen LogP contribution is 2.29. The average molecular weight is 142 g/mol. The van der Waals surface area contributed by atoms with Crippen LogP contribution in [0.2, 0.25) is 0 Å². The molecule has 0 bridgehead atoms. The SMILES string of the molecule is CCC1(CN)CCCN1C. The topological polar surface area (TPSA) is 29.3 Å². The van der Waals surface area contributed by atoms with E-state index in [1.807, 2.05) is 0 Å². The first-order chi connectivity index (χ1) is 4.75. The summed E-state index contributed by atoms with van der Waals surface area (Å²) in [5.41, 5.74) is 6.08. The van der Waals surface area contributed by atoms with Crippen LogP contribution < -0.4 is 5.73 Å². The second-order valence-electron chi connectivity index (χ2n) is 3.31. The molecule has 10 heavy (non-hydrogen) atoms. The third kappa shape index (κ3) is 1.06. The predicted molar refractivity (Wildman–Crippen MR) is 43.9 cm³/mol. The van der Waals surface area contributed by atoms with Crippen LogP contribution in [0.5, 0.6) is 0 Å². The Balaban J connectivity index is 2.61. The molecule has 1 aliphatic heterocycles. The predicted octanol–water partition coefficient (Wildman–Crippen LogP) is 0.819. The van der Waals surface area contributed by atoms with Gasteiger partial charge in [0.1, 0.15) is 0 Å². The van der Waals surface area contributed by atoms with Gasteiger partial charge in [-0.3, -0.25) is 4.90 Å². The third-order valence-corrected chi connectivity index (χ3v) is 2.98. The van der Waals surface area contributed by atoms with Gasteiger partial charge in [-0.15, -0.1) is 0 Å². The highest BCUT2D eigenvalue weighted by Gasteiger charge is 2.35. The van der Waals surface area contributed by atoms with Gasteiger partial charge in [0.2, 0.25) is 0 Å². The molecule has 0 saturated carbocycles. The van der Waals surface area contributed by atoms with Gasteiger partial charge in [-0.05, 0) is 32.9 Å². The van der Waals surface area contributed by atoms with Crippen molar-refractivity contribution >= 4 is 0 Å². The maximum Gasteiger partial charge on any atom is 0.0326 e. The van der Waals surface area contributed by atoms with Crippen LogP contribution in [0.15, 0.2) is 0 Å². The molecular weight excluding hydrogens is 124 g/mol. The van der Waals surface area contributed by atoms with Crippen molar-refractivity contribution in [1.82, 2.24) is 4.90 Å². The highest BCUT2D eigenvalue weighted by atomic mass is 15.2. The van der Waals surface area contributed by atoms with Crippen molar-refractivity contribution < 1.29 is 0 Å². The zero-order valence-corrected chi connectivity index (χ0v) is 7.06. The van der Waals surface area contributed by atoms with Crippen LogP contribution >= 0.6 is 0 Å². The Morgan fingerprint density at radius 3 is 2.50 bits per heavy atom. The maximum atomic E-state index is 5.73. The normalized spacial score (nSPS) is 35.1. The lowest BCUT2D eigenvalue weighted by Crippen LogP contribution is -2.46. The van der Waals surface area contributed by atoms with Gasteiger partial charge >= 0.3 is 0 Å². The van der Waals surface area contributed by atoms with E-state index >= 15 is 0 Å². The fourth-order valence-electron chi connectivity index (χ4n) is 1.92. The number of likely N-dealkylation sites (N-methyl/N-ethyl adjacent to an activating group) is 1. The minimum atomic E-state index is 0.347. The van der Waals surface area contributed by atoms with E-state index in [2.05, 4.69) is 18.9 Å². The molecule has 0 radical (unpaired) electrons. The van der Waals surface area contributed by atoms with Gasteiger partial charge < -0.3 is 5.73 Å². The van der Waals surface area contributed by atoms with Gasteiger partial charge in [0.25, 0.3) is 0 Å². The van der Waals surface area contributed by atoms with Gasteiger partial charge in [-0.2, -0.15) is 0 Å². The Morgan fingerprint density at radius 1 is 1.60 bits per heavy atom. The summed E-state index contributed by atoms with van der Waals surface area (Å²) in [4.78, 5) is 2.41. The highest BCUT2D eigenvalue weighted by molar-refractivity contribution is 4.93. The van der Waals surface area contributed by atoms with E-state index in [9.17, 15) is 0 Å². The Labute approximate surface area is 63.4 Å². The van der Waals surface area contributed by atoms with Gasteiger partial charge in [-0.25, -0.2) is 0 Å². The molecule has 1 aliphatic rings. The summed E-state index contributed by atoms with van der Waals surface area (Å²) < 4.78 is 0. The monoisotopic (exact) mass is 142 g/mol. The molecule has 1 unspecified atom stereocenters. The van der Waals surface area contributed by atoms with E-state index in [0.717, 1.165) is 6.54 Å². The molecule has 2 heteroatoms. The van der Waals surface area contributed by atoms with Crippen molar-refractivity contribution in [2.75, 3.05) is 20.1 Å². The third-order valence-electron chi connectivity index (χ3n) is 2.98. The first-order valence-corrected chi connectivity index (χ1v) is 4.16. The van der Waals surface area contributed by atoms with Crippen molar-refractivity contribution in [2.24, 2.45) is 5.73 Å². The van der Waals surface area contributed by atoms with Crippen LogP contribution in [0, 0.1) is 0 Å². The van der Waals surface area contributed by atoms with Gasteiger partial charge in [0.05, 0.1) is 0 Å². The molecule has 0 aromatic carbocycles.